The van der Waals surface area contributed by atoms with E-state index in [0.29, 0.717) is 6.29 Å². The van der Waals surface area contributed by atoms with Gasteiger partial charge in [-0.05, 0) is 6.92 Å². The Morgan fingerprint density at radius 3 is 2.33 bits per heavy atom. The summed E-state index contributed by atoms with van der Waals surface area (Å²) in [5, 5.41) is 9.90. The highest BCUT2D eigenvalue weighted by molar-refractivity contribution is 5.49. The molecule has 0 saturated heterocycles. The first-order valence-corrected chi connectivity index (χ1v) is 1.87. The molecule has 0 aliphatic heterocycles. The third kappa shape index (κ3) is 3.63. The van der Waals surface area contributed by atoms with Gasteiger partial charge in [0.15, 0.2) is 0 Å². The summed E-state index contributed by atoms with van der Waals surface area (Å²) in [6, 6.07) is 0. The summed E-state index contributed by atoms with van der Waals surface area (Å²) in [7, 11) is 0. The summed E-state index contributed by atoms with van der Waals surface area (Å²) in [5.41, 5.74) is 0. The molecule has 0 amide bonds. The largest absolute Gasteiger partial charge is 0.303 e. The molecule has 0 N–H and O–H groups in total. The van der Waals surface area contributed by atoms with Crippen molar-refractivity contribution in [1.82, 2.24) is 0 Å². The third-order valence-corrected chi connectivity index (χ3v) is 0.428. The van der Waals surface area contributed by atoms with E-state index in [0.717, 1.165) is 0 Å². The average Bonchev–Trinajstić information content (AvgIpc) is 1.35. The van der Waals surface area contributed by atoms with Crippen molar-refractivity contribution in [3.05, 3.63) is 0 Å². The second-order valence-corrected chi connectivity index (χ2v) is 1.21. The molecule has 0 aliphatic carbocycles. The Morgan fingerprint density at radius 2 is 2.33 bits per heavy atom. The molecule has 0 aromatic rings. The van der Waals surface area contributed by atoms with Crippen molar-refractivity contribution in [2.45, 2.75) is 19.4 Å². The molecular weight excluding hydrogens is 80.0 g/mol. The molecule has 0 aromatic carbocycles. The van der Waals surface area contributed by atoms with E-state index in [-0.39, 0.29) is 6.42 Å². The van der Waals surface area contributed by atoms with E-state index in [2.05, 4.69) is 0 Å². The maximum absolute atomic E-state index is 9.90. The van der Waals surface area contributed by atoms with Crippen LogP contribution >= 0.6 is 0 Å². The number of carbonyl (C=O) groups excluding carboxylic acids is 1. The van der Waals surface area contributed by atoms with Crippen LogP contribution in [-0.4, -0.2) is 12.4 Å². The van der Waals surface area contributed by atoms with Crippen LogP contribution in [0.4, 0.5) is 0 Å². The van der Waals surface area contributed by atoms with Gasteiger partial charge in [0.05, 0.1) is 6.10 Å². The zero-order valence-corrected chi connectivity index (χ0v) is 3.68. The van der Waals surface area contributed by atoms with Gasteiger partial charge >= 0.3 is 0 Å². The van der Waals surface area contributed by atoms with E-state index in [1.165, 1.54) is 6.92 Å². The Kier molecular flexibility index (Phi) is 2.67. The van der Waals surface area contributed by atoms with E-state index in [1.807, 2.05) is 0 Å². The van der Waals surface area contributed by atoms with Gasteiger partial charge in [-0.15, -0.1) is 0 Å². The topological polar surface area (TPSA) is 37.0 Å². The zero-order valence-electron chi connectivity index (χ0n) is 3.68. The molecular formula is C4H7O2. The maximum atomic E-state index is 9.90. The lowest BCUT2D eigenvalue weighted by Gasteiger charge is -1.85. The van der Waals surface area contributed by atoms with E-state index >= 15 is 0 Å². The van der Waals surface area contributed by atoms with Crippen LogP contribution in [0.25, 0.3) is 0 Å². The van der Waals surface area contributed by atoms with Gasteiger partial charge in [-0.2, -0.15) is 0 Å². The van der Waals surface area contributed by atoms with Crippen molar-refractivity contribution in [3.8, 4) is 0 Å². The predicted molar refractivity (Wildman–Crippen MR) is 20.8 cm³/mol. The molecule has 35 valence electrons. The Balaban J connectivity index is 2.81. The molecule has 2 heteroatoms. The maximum Gasteiger partial charge on any atom is 0.122 e. The van der Waals surface area contributed by atoms with Crippen molar-refractivity contribution < 1.29 is 9.90 Å². The molecule has 0 fully saturated rings. The van der Waals surface area contributed by atoms with E-state index in [9.17, 15) is 9.90 Å². The van der Waals surface area contributed by atoms with Crippen molar-refractivity contribution >= 4 is 6.29 Å². The third-order valence-electron chi connectivity index (χ3n) is 0.428. The molecule has 6 heavy (non-hydrogen) atoms. The number of aldehydes is 1. The van der Waals surface area contributed by atoms with Crippen LogP contribution in [0.5, 0.6) is 0 Å². The summed E-state index contributed by atoms with van der Waals surface area (Å²) in [4.78, 5) is 9.42. The minimum absolute atomic E-state index is 0.139. The second kappa shape index (κ2) is 2.85. The number of rotatable bonds is 2. The lowest BCUT2D eigenvalue weighted by Crippen LogP contribution is -1.95. The van der Waals surface area contributed by atoms with Gasteiger partial charge in [0, 0.05) is 6.42 Å². The quantitative estimate of drug-likeness (QED) is 0.449. The zero-order chi connectivity index (χ0) is 4.99. The lowest BCUT2D eigenvalue weighted by atomic mass is 10.3. The predicted octanol–water partition coefficient (Wildman–Crippen LogP) is 0.394. The smallest absolute Gasteiger partial charge is 0.122 e. The highest BCUT2D eigenvalue weighted by atomic mass is 16.3. The minimum atomic E-state index is -0.720. The Bertz CT molecular complexity index is 40.8. The van der Waals surface area contributed by atoms with Gasteiger partial charge in [0.25, 0.3) is 0 Å². The van der Waals surface area contributed by atoms with Crippen LogP contribution < -0.4 is 0 Å². The molecule has 0 aliphatic rings. The molecule has 0 spiro atoms. The molecule has 0 saturated carbocycles. The van der Waals surface area contributed by atoms with Crippen LogP contribution in [0.3, 0.4) is 0 Å². The van der Waals surface area contributed by atoms with Gasteiger partial charge in [-0.25, -0.2) is 5.11 Å². The van der Waals surface area contributed by atoms with Gasteiger partial charge < -0.3 is 4.79 Å². The summed E-state index contributed by atoms with van der Waals surface area (Å²) >= 11 is 0. The first kappa shape index (κ1) is 5.63. The standard InChI is InChI=1S/C4H7O2/c1-4(6)2-3-5/h3-4H,2H2,1H3. The van der Waals surface area contributed by atoms with Crippen LogP contribution in [0.15, 0.2) is 0 Å². The molecule has 0 rings (SSSR count). The SMILES string of the molecule is CC([O])CC=O. The lowest BCUT2D eigenvalue weighted by molar-refractivity contribution is -0.110. The molecule has 2 nitrogen and oxygen atoms in total. The molecule has 1 radical (unpaired) electrons. The summed E-state index contributed by atoms with van der Waals surface area (Å²) < 4.78 is 0. The van der Waals surface area contributed by atoms with Crippen molar-refractivity contribution in [2.75, 3.05) is 0 Å². The first-order chi connectivity index (χ1) is 2.77. The molecule has 0 bridgehead atoms. The van der Waals surface area contributed by atoms with Crippen molar-refractivity contribution in [2.24, 2.45) is 0 Å². The molecule has 0 heterocycles. The fourth-order valence-corrected chi connectivity index (χ4v) is 0.136. The van der Waals surface area contributed by atoms with Crippen LogP contribution in [0, 0.1) is 0 Å². The number of hydrogen-bond donors (Lipinski definition) is 0. The molecule has 1 unspecified atom stereocenters. The second-order valence-electron chi connectivity index (χ2n) is 1.21. The van der Waals surface area contributed by atoms with Gasteiger partial charge in [0.1, 0.15) is 6.29 Å². The van der Waals surface area contributed by atoms with E-state index < -0.39 is 6.10 Å². The van der Waals surface area contributed by atoms with Crippen LogP contribution in [0.1, 0.15) is 13.3 Å². The Hall–Kier alpha value is -0.370. The fraction of sp³-hybridized carbons (Fsp3) is 0.750. The van der Waals surface area contributed by atoms with Crippen LogP contribution in [-0.2, 0) is 9.90 Å². The highest BCUT2D eigenvalue weighted by Crippen LogP contribution is 1.81. The summed E-state index contributed by atoms with van der Waals surface area (Å²) in [6.45, 7) is 1.47. The van der Waals surface area contributed by atoms with Crippen molar-refractivity contribution in [1.29, 1.82) is 0 Å². The average molecular weight is 87.1 g/mol. The molecule has 0 aromatic heterocycles. The normalized spacial score (nSPS) is 13.7. The fourth-order valence-electron chi connectivity index (χ4n) is 0.136. The van der Waals surface area contributed by atoms with E-state index in [1.54, 1.807) is 0 Å². The summed E-state index contributed by atoms with van der Waals surface area (Å²) in [5.74, 6) is 0. The Morgan fingerprint density at radius 1 is 1.83 bits per heavy atom. The minimum Gasteiger partial charge on any atom is -0.303 e. The van der Waals surface area contributed by atoms with Gasteiger partial charge in [0.2, 0.25) is 0 Å². The van der Waals surface area contributed by atoms with Gasteiger partial charge in [-0.3, -0.25) is 0 Å². The highest BCUT2D eigenvalue weighted by Gasteiger charge is 1.90. The van der Waals surface area contributed by atoms with Crippen LogP contribution in [0.2, 0.25) is 0 Å². The number of carbonyl (C=O) groups is 1. The van der Waals surface area contributed by atoms with Gasteiger partial charge in [-0.1, -0.05) is 0 Å². The summed E-state index contributed by atoms with van der Waals surface area (Å²) in [6.07, 6.45) is 0.0556. The van der Waals surface area contributed by atoms with E-state index in [4.69, 9.17) is 0 Å². The monoisotopic (exact) mass is 87.0 g/mol. The first-order valence-electron chi connectivity index (χ1n) is 1.87. The number of hydrogen-bond acceptors (Lipinski definition) is 1. The van der Waals surface area contributed by atoms with Crippen molar-refractivity contribution in [3.63, 3.8) is 0 Å². The Labute approximate surface area is 36.8 Å². The molecule has 1 atom stereocenters.